The Morgan fingerprint density at radius 2 is 1.71 bits per heavy atom. The van der Waals surface area contributed by atoms with Crippen LogP contribution in [0.25, 0.3) is 21.8 Å². The number of methoxy groups -OCH3 is 1. The third-order valence-electron chi connectivity index (χ3n) is 3.44. The summed E-state index contributed by atoms with van der Waals surface area (Å²) < 4.78 is 5.29. The lowest BCUT2D eigenvalue weighted by atomic mass is 10.1. The molecule has 0 saturated heterocycles. The van der Waals surface area contributed by atoms with E-state index in [4.69, 9.17) is 9.72 Å². The first kappa shape index (κ1) is 13.8. The van der Waals surface area contributed by atoms with Crippen molar-refractivity contribution in [2.45, 2.75) is 13.8 Å². The fraction of sp³-hybridized carbons (Fsp3) is 0.167. The van der Waals surface area contributed by atoms with Crippen LogP contribution >= 0.6 is 11.3 Å². The number of ether oxygens (including phenoxy) is 1. The fourth-order valence-corrected chi connectivity index (χ4v) is 3.19. The predicted molar refractivity (Wildman–Crippen MR) is 89.0 cm³/mol. The Hall–Kier alpha value is -2.13. The van der Waals surface area contributed by atoms with E-state index in [1.165, 1.54) is 16.0 Å². The molecule has 0 bridgehead atoms. The van der Waals surface area contributed by atoms with Crippen molar-refractivity contribution in [3.63, 3.8) is 0 Å². The molecule has 2 aromatic carbocycles. The molecule has 0 aliphatic rings. The second-order valence-electron chi connectivity index (χ2n) is 5.02. The molecule has 0 unspecified atom stereocenters. The van der Waals surface area contributed by atoms with Crippen molar-refractivity contribution in [2.75, 3.05) is 7.11 Å². The molecule has 0 fully saturated rings. The Labute approximate surface area is 129 Å². The molecule has 0 N–H and O–H groups in total. The smallest absolute Gasteiger partial charge is 0.124 e. The molecule has 0 aliphatic carbocycles. The van der Waals surface area contributed by atoms with Gasteiger partial charge in [0.1, 0.15) is 10.8 Å². The quantitative estimate of drug-likeness (QED) is 0.670. The SMILES string of the molecule is COc1cccc(-c2nc(-c3ccc(C)cc3)c(C)s2)c1. The number of nitrogens with zero attached hydrogens (tertiary/aromatic N) is 1. The first-order valence-corrected chi connectivity index (χ1v) is 7.68. The number of aromatic nitrogens is 1. The molecule has 3 rings (SSSR count). The number of benzene rings is 2. The topological polar surface area (TPSA) is 22.1 Å². The lowest BCUT2D eigenvalue weighted by molar-refractivity contribution is 0.415. The highest BCUT2D eigenvalue weighted by Crippen LogP contribution is 2.34. The summed E-state index contributed by atoms with van der Waals surface area (Å²) in [7, 11) is 1.68. The zero-order valence-corrected chi connectivity index (χ0v) is 13.2. The van der Waals surface area contributed by atoms with Gasteiger partial charge in [-0.05, 0) is 26.0 Å². The van der Waals surface area contributed by atoms with Crippen LogP contribution in [0, 0.1) is 13.8 Å². The van der Waals surface area contributed by atoms with Gasteiger partial charge in [0.2, 0.25) is 0 Å². The van der Waals surface area contributed by atoms with Crippen molar-refractivity contribution < 1.29 is 4.74 Å². The van der Waals surface area contributed by atoms with Crippen molar-refractivity contribution in [1.29, 1.82) is 0 Å². The second-order valence-corrected chi connectivity index (χ2v) is 6.22. The predicted octanol–water partition coefficient (Wildman–Crippen LogP) is 5.10. The second kappa shape index (κ2) is 5.70. The summed E-state index contributed by atoms with van der Waals surface area (Å²) in [4.78, 5) is 6.05. The van der Waals surface area contributed by atoms with Crippen molar-refractivity contribution in [1.82, 2.24) is 4.98 Å². The van der Waals surface area contributed by atoms with Crippen LogP contribution in [0.4, 0.5) is 0 Å². The molecule has 0 amide bonds. The summed E-state index contributed by atoms with van der Waals surface area (Å²) in [6, 6.07) is 16.6. The zero-order valence-electron chi connectivity index (χ0n) is 12.4. The number of thiazole rings is 1. The normalized spacial score (nSPS) is 10.6. The van der Waals surface area contributed by atoms with E-state index in [0.29, 0.717) is 0 Å². The maximum Gasteiger partial charge on any atom is 0.124 e. The highest BCUT2D eigenvalue weighted by atomic mass is 32.1. The van der Waals surface area contributed by atoms with E-state index in [2.05, 4.69) is 44.2 Å². The maximum atomic E-state index is 5.29. The lowest BCUT2D eigenvalue weighted by Crippen LogP contribution is -1.84. The number of rotatable bonds is 3. The summed E-state index contributed by atoms with van der Waals surface area (Å²) in [6.45, 7) is 4.22. The molecule has 0 saturated carbocycles. The van der Waals surface area contributed by atoms with Gasteiger partial charge in [-0.3, -0.25) is 0 Å². The number of hydrogen-bond acceptors (Lipinski definition) is 3. The van der Waals surface area contributed by atoms with Gasteiger partial charge in [-0.2, -0.15) is 0 Å². The van der Waals surface area contributed by atoms with Crippen LogP contribution in [0.5, 0.6) is 5.75 Å². The van der Waals surface area contributed by atoms with Crippen LogP contribution in [0.2, 0.25) is 0 Å². The molecule has 3 aromatic rings. The summed E-state index contributed by atoms with van der Waals surface area (Å²) in [5.74, 6) is 0.859. The zero-order chi connectivity index (χ0) is 14.8. The Bertz CT molecular complexity index is 759. The first-order valence-electron chi connectivity index (χ1n) is 6.86. The van der Waals surface area contributed by atoms with E-state index >= 15 is 0 Å². The molecular weight excluding hydrogens is 278 g/mol. The van der Waals surface area contributed by atoms with Gasteiger partial charge in [-0.15, -0.1) is 11.3 Å². The largest absolute Gasteiger partial charge is 0.497 e. The minimum absolute atomic E-state index is 0.859. The third-order valence-corrected chi connectivity index (χ3v) is 4.46. The van der Waals surface area contributed by atoms with Crippen molar-refractivity contribution in [3.05, 3.63) is 59.0 Å². The first-order chi connectivity index (χ1) is 10.2. The van der Waals surface area contributed by atoms with Crippen LogP contribution in [0.1, 0.15) is 10.4 Å². The van der Waals surface area contributed by atoms with Crippen LogP contribution in [0.15, 0.2) is 48.5 Å². The molecule has 0 atom stereocenters. The Morgan fingerprint density at radius 3 is 2.43 bits per heavy atom. The number of hydrogen-bond donors (Lipinski definition) is 0. The van der Waals surface area contributed by atoms with Gasteiger partial charge < -0.3 is 4.74 Å². The van der Waals surface area contributed by atoms with E-state index in [-0.39, 0.29) is 0 Å². The molecule has 0 spiro atoms. The van der Waals surface area contributed by atoms with Crippen molar-refractivity contribution >= 4 is 11.3 Å². The molecule has 0 aliphatic heterocycles. The molecule has 0 radical (unpaired) electrons. The maximum absolute atomic E-state index is 5.29. The monoisotopic (exact) mass is 295 g/mol. The van der Waals surface area contributed by atoms with Gasteiger partial charge in [0, 0.05) is 16.0 Å². The van der Waals surface area contributed by atoms with E-state index < -0.39 is 0 Å². The summed E-state index contributed by atoms with van der Waals surface area (Å²) in [5, 5.41) is 1.03. The Morgan fingerprint density at radius 1 is 0.952 bits per heavy atom. The minimum Gasteiger partial charge on any atom is -0.497 e. The average molecular weight is 295 g/mol. The third kappa shape index (κ3) is 2.83. The van der Waals surface area contributed by atoms with Crippen molar-refractivity contribution in [3.8, 4) is 27.6 Å². The molecule has 1 aromatic heterocycles. The Balaban J connectivity index is 2.02. The average Bonchev–Trinajstić information content (AvgIpc) is 2.90. The van der Waals surface area contributed by atoms with Crippen molar-refractivity contribution in [2.24, 2.45) is 0 Å². The molecule has 106 valence electrons. The highest BCUT2D eigenvalue weighted by Gasteiger charge is 2.11. The number of aryl methyl sites for hydroxylation is 2. The molecule has 3 heteroatoms. The van der Waals surface area contributed by atoms with Gasteiger partial charge in [0.05, 0.1) is 12.8 Å². The molecular formula is C18H17NOS. The Kier molecular flexibility index (Phi) is 3.76. The van der Waals surface area contributed by atoms with Gasteiger partial charge >= 0.3 is 0 Å². The van der Waals surface area contributed by atoms with Gasteiger partial charge in [0.15, 0.2) is 0 Å². The standard InChI is InChI=1S/C18H17NOS/c1-12-7-9-14(10-8-12)17-13(2)21-18(19-17)15-5-4-6-16(11-15)20-3/h4-11H,1-3H3. The molecule has 2 nitrogen and oxygen atoms in total. The van der Waals surface area contributed by atoms with Crippen LogP contribution in [-0.4, -0.2) is 12.1 Å². The highest BCUT2D eigenvalue weighted by molar-refractivity contribution is 7.15. The molecule has 21 heavy (non-hydrogen) atoms. The van der Waals surface area contributed by atoms with Gasteiger partial charge in [-0.25, -0.2) is 4.98 Å². The van der Waals surface area contributed by atoms with Crippen LogP contribution in [0.3, 0.4) is 0 Å². The van der Waals surface area contributed by atoms with E-state index in [1.807, 2.05) is 18.2 Å². The van der Waals surface area contributed by atoms with Crippen LogP contribution < -0.4 is 4.74 Å². The van der Waals surface area contributed by atoms with E-state index in [9.17, 15) is 0 Å². The summed E-state index contributed by atoms with van der Waals surface area (Å²) in [6.07, 6.45) is 0. The lowest BCUT2D eigenvalue weighted by Gasteiger charge is -2.01. The van der Waals surface area contributed by atoms with Crippen LogP contribution in [-0.2, 0) is 0 Å². The van der Waals surface area contributed by atoms with E-state index in [0.717, 1.165) is 22.0 Å². The summed E-state index contributed by atoms with van der Waals surface area (Å²) >= 11 is 1.72. The van der Waals surface area contributed by atoms with E-state index in [1.54, 1.807) is 18.4 Å². The summed E-state index contributed by atoms with van der Waals surface area (Å²) in [5.41, 5.74) is 4.60. The van der Waals surface area contributed by atoms with Gasteiger partial charge in [0.25, 0.3) is 0 Å². The fourth-order valence-electron chi connectivity index (χ4n) is 2.26. The van der Waals surface area contributed by atoms with Gasteiger partial charge in [-0.1, -0.05) is 42.0 Å². The molecule has 1 heterocycles. The minimum atomic E-state index is 0.859.